The topological polar surface area (TPSA) is 83.1 Å². The van der Waals surface area contributed by atoms with E-state index in [4.69, 9.17) is 21.3 Å². The van der Waals surface area contributed by atoms with E-state index in [1.807, 2.05) is 32.9 Å². The molecule has 2 unspecified atom stereocenters. The van der Waals surface area contributed by atoms with E-state index in [2.05, 4.69) is 4.90 Å². The predicted molar refractivity (Wildman–Crippen MR) is 143 cm³/mol. The van der Waals surface area contributed by atoms with Gasteiger partial charge in [0, 0.05) is 49.9 Å². The van der Waals surface area contributed by atoms with Crippen LogP contribution in [0.3, 0.4) is 0 Å². The first-order valence-electron chi connectivity index (χ1n) is 12.0. The highest BCUT2D eigenvalue weighted by Crippen LogP contribution is 2.34. The molecule has 0 bridgehead atoms. The Balaban J connectivity index is 1.24. The van der Waals surface area contributed by atoms with Crippen molar-refractivity contribution in [3.05, 3.63) is 52.5 Å². The second-order valence-electron chi connectivity index (χ2n) is 9.40. The average Bonchev–Trinajstić information content (AvgIpc) is 3.31. The highest BCUT2D eigenvalue weighted by Gasteiger charge is 2.32. The molecule has 36 heavy (non-hydrogen) atoms. The number of morpholine rings is 1. The largest absolute Gasteiger partial charge is 0.373 e. The van der Waals surface area contributed by atoms with Gasteiger partial charge in [-0.15, -0.1) is 0 Å². The van der Waals surface area contributed by atoms with E-state index >= 15 is 0 Å². The van der Waals surface area contributed by atoms with E-state index in [1.165, 1.54) is 16.4 Å². The molecule has 1 amide bonds. The third kappa shape index (κ3) is 4.84. The lowest BCUT2D eigenvalue weighted by molar-refractivity contribution is -0.0440. The standard InChI is InChI=1S/C25H29ClN4O4S2/c1-16-14-30(15-17(2)34-16)36(32,33)20-6-4-19(5-7-20)24(31)28-10-12-29(13-11-28)25-27-23-18(3)21(26)8-9-22(23)35-25/h4-9,16-17H,10-15H2,1-3H3. The van der Waals surface area contributed by atoms with Crippen LogP contribution in [0, 0.1) is 6.92 Å². The van der Waals surface area contributed by atoms with Crippen LogP contribution in [0.4, 0.5) is 5.13 Å². The molecule has 5 rings (SSSR count). The molecular weight excluding hydrogens is 520 g/mol. The molecule has 1 aromatic heterocycles. The summed E-state index contributed by atoms with van der Waals surface area (Å²) in [5.74, 6) is -0.0980. The van der Waals surface area contributed by atoms with Crippen LogP contribution in [0.2, 0.25) is 5.02 Å². The first-order chi connectivity index (χ1) is 17.1. The van der Waals surface area contributed by atoms with Crippen molar-refractivity contribution in [2.45, 2.75) is 37.9 Å². The lowest BCUT2D eigenvalue weighted by Crippen LogP contribution is -2.48. The number of amides is 1. The number of thiazole rings is 1. The maximum atomic E-state index is 13.1. The Hall–Kier alpha value is -2.24. The van der Waals surface area contributed by atoms with E-state index in [9.17, 15) is 13.2 Å². The van der Waals surface area contributed by atoms with Crippen LogP contribution in [-0.2, 0) is 14.8 Å². The maximum Gasteiger partial charge on any atom is 0.253 e. The Kier molecular flexibility index (Phi) is 6.99. The normalized spacial score (nSPS) is 21.8. The number of hydrogen-bond acceptors (Lipinski definition) is 7. The van der Waals surface area contributed by atoms with Gasteiger partial charge in [-0.2, -0.15) is 4.31 Å². The number of nitrogens with zero attached hydrogens (tertiary/aromatic N) is 4. The lowest BCUT2D eigenvalue weighted by Gasteiger charge is -2.35. The zero-order valence-corrected chi connectivity index (χ0v) is 22.9. The molecule has 8 nitrogen and oxygen atoms in total. The second kappa shape index (κ2) is 9.90. The summed E-state index contributed by atoms with van der Waals surface area (Å²) in [5, 5.41) is 1.64. The zero-order valence-electron chi connectivity index (χ0n) is 20.5. The van der Waals surface area contributed by atoms with Gasteiger partial charge in [-0.25, -0.2) is 13.4 Å². The van der Waals surface area contributed by atoms with Crippen molar-refractivity contribution in [2.24, 2.45) is 0 Å². The number of fused-ring (bicyclic) bond motifs is 1. The number of aromatic nitrogens is 1. The second-order valence-corrected chi connectivity index (χ2v) is 12.8. The fourth-order valence-corrected chi connectivity index (χ4v) is 7.57. The third-order valence-corrected chi connectivity index (χ3v) is 10.0. The number of carbonyl (C=O) groups excluding carboxylic acids is 1. The molecule has 0 spiro atoms. The summed E-state index contributed by atoms with van der Waals surface area (Å²) >= 11 is 7.88. The van der Waals surface area contributed by atoms with Crippen LogP contribution in [0.25, 0.3) is 10.2 Å². The van der Waals surface area contributed by atoms with Gasteiger partial charge in [-0.05, 0) is 62.7 Å². The molecule has 0 aliphatic carbocycles. The summed E-state index contributed by atoms with van der Waals surface area (Å²) in [6, 6.07) is 10.2. The van der Waals surface area contributed by atoms with Gasteiger partial charge in [0.05, 0.1) is 27.3 Å². The minimum atomic E-state index is -3.64. The Morgan fingerprint density at radius 3 is 2.31 bits per heavy atom. The predicted octanol–water partition coefficient (Wildman–Crippen LogP) is 4.02. The smallest absolute Gasteiger partial charge is 0.253 e. The van der Waals surface area contributed by atoms with Crippen LogP contribution in [0.5, 0.6) is 0 Å². The molecule has 0 saturated carbocycles. The summed E-state index contributed by atoms with van der Waals surface area (Å²) in [5.41, 5.74) is 2.39. The highest BCUT2D eigenvalue weighted by molar-refractivity contribution is 7.89. The van der Waals surface area contributed by atoms with Gasteiger partial charge in [-0.1, -0.05) is 22.9 Å². The van der Waals surface area contributed by atoms with E-state index in [0.29, 0.717) is 49.9 Å². The molecule has 2 aliphatic rings. The van der Waals surface area contributed by atoms with Crippen molar-refractivity contribution in [2.75, 3.05) is 44.2 Å². The van der Waals surface area contributed by atoms with Gasteiger partial charge in [0.25, 0.3) is 5.91 Å². The van der Waals surface area contributed by atoms with Gasteiger partial charge in [-0.3, -0.25) is 4.79 Å². The number of aryl methyl sites for hydroxylation is 1. The Morgan fingerprint density at radius 1 is 1.03 bits per heavy atom. The number of rotatable bonds is 4. The van der Waals surface area contributed by atoms with Crippen LogP contribution in [-0.4, -0.2) is 80.0 Å². The number of halogens is 1. The third-order valence-electron chi connectivity index (χ3n) is 6.70. The van der Waals surface area contributed by atoms with E-state index in [1.54, 1.807) is 28.4 Å². The molecule has 0 radical (unpaired) electrons. The number of anilines is 1. The fourth-order valence-electron chi connectivity index (χ4n) is 4.75. The fraction of sp³-hybridized carbons (Fsp3) is 0.440. The molecule has 2 fully saturated rings. The monoisotopic (exact) mass is 548 g/mol. The first kappa shape index (κ1) is 25.4. The number of hydrogen-bond donors (Lipinski definition) is 0. The summed E-state index contributed by atoms with van der Waals surface area (Å²) in [6.07, 6.45) is -0.319. The SMILES string of the molecule is Cc1c(Cl)ccc2sc(N3CCN(C(=O)c4ccc(S(=O)(=O)N5CC(C)OC(C)C5)cc4)CC3)nc12. The summed E-state index contributed by atoms with van der Waals surface area (Å²) < 4.78 is 34.4. The Labute approximate surface area is 220 Å². The van der Waals surface area contributed by atoms with Crippen LogP contribution in [0.15, 0.2) is 41.3 Å². The molecule has 11 heteroatoms. The number of piperazine rings is 1. The van der Waals surface area contributed by atoms with Crippen molar-refractivity contribution < 1.29 is 17.9 Å². The van der Waals surface area contributed by atoms with Crippen molar-refractivity contribution in [1.29, 1.82) is 0 Å². The summed E-state index contributed by atoms with van der Waals surface area (Å²) in [4.78, 5) is 22.1. The van der Waals surface area contributed by atoms with Gasteiger partial charge in [0.1, 0.15) is 0 Å². The maximum absolute atomic E-state index is 13.1. The molecule has 2 aliphatic heterocycles. The van der Waals surface area contributed by atoms with Gasteiger partial charge in [0.2, 0.25) is 10.0 Å². The first-order valence-corrected chi connectivity index (χ1v) is 14.6. The van der Waals surface area contributed by atoms with E-state index < -0.39 is 10.0 Å². The van der Waals surface area contributed by atoms with E-state index in [-0.39, 0.29) is 23.0 Å². The zero-order chi connectivity index (χ0) is 25.6. The Bertz CT molecular complexity index is 1380. The quantitative estimate of drug-likeness (QED) is 0.490. The van der Waals surface area contributed by atoms with Gasteiger partial charge in [0.15, 0.2) is 5.13 Å². The van der Waals surface area contributed by atoms with Crippen molar-refractivity contribution in [3.63, 3.8) is 0 Å². The van der Waals surface area contributed by atoms with Crippen molar-refractivity contribution >= 4 is 54.2 Å². The van der Waals surface area contributed by atoms with Crippen LogP contribution < -0.4 is 4.90 Å². The van der Waals surface area contributed by atoms with Crippen LogP contribution >= 0.6 is 22.9 Å². The average molecular weight is 549 g/mol. The molecule has 192 valence electrons. The van der Waals surface area contributed by atoms with Crippen molar-refractivity contribution in [1.82, 2.24) is 14.2 Å². The van der Waals surface area contributed by atoms with Gasteiger partial charge < -0.3 is 14.5 Å². The molecule has 2 saturated heterocycles. The minimum Gasteiger partial charge on any atom is -0.373 e. The summed E-state index contributed by atoms with van der Waals surface area (Å²) in [7, 11) is -3.64. The number of sulfonamides is 1. The van der Waals surface area contributed by atoms with Crippen LogP contribution in [0.1, 0.15) is 29.8 Å². The van der Waals surface area contributed by atoms with Crippen molar-refractivity contribution in [3.8, 4) is 0 Å². The molecular formula is C25H29ClN4O4S2. The molecule has 3 heterocycles. The lowest BCUT2D eigenvalue weighted by atomic mass is 10.2. The van der Waals surface area contributed by atoms with Gasteiger partial charge >= 0.3 is 0 Å². The highest BCUT2D eigenvalue weighted by atomic mass is 35.5. The Morgan fingerprint density at radius 2 is 1.67 bits per heavy atom. The number of ether oxygens (including phenoxy) is 1. The number of benzene rings is 2. The van der Waals surface area contributed by atoms with E-state index in [0.717, 1.165) is 20.9 Å². The number of carbonyl (C=O) groups is 1. The minimum absolute atomic E-state index is 0.0980. The molecule has 3 aromatic rings. The molecule has 0 N–H and O–H groups in total. The summed E-state index contributed by atoms with van der Waals surface area (Å²) in [6.45, 7) is 8.84. The molecule has 2 atom stereocenters. The molecule has 2 aromatic carbocycles.